The van der Waals surface area contributed by atoms with Crippen molar-refractivity contribution in [1.29, 1.82) is 0 Å². The van der Waals surface area contributed by atoms with E-state index >= 15 is 0 Å². The molecule has 0 spiro atoms. The molecular formula is C54H47N7S. The van der Waals surface area contributed by atoms with Gasteiger partial charge >= 0.3 is 0 Å². The lowest BCUT2D eigenvalue weighted by molar-refractivity contribution is 0.409. The van der Waals surface area contributed by atoms with Crippen LogP contribution in [0.2, 0.25) is 0 Å². The number of amidine groups is 3. The average Bonchev–Trinajstić information content (AvgIpc) is 3.91. The normalized spacial score (nSPS) is 21.4. The molecule has 4 aliphatic carbocycles. The van der Waals surface area contributed by atoms with Crippen molar-refractivity contribution in [3.8, 4) is 16.3 Å². The number of nitrogens with zero attached hydrogens (tertiary/aromatic N) is 4. The Morgan fingerprint density at radius 2 is 1.42 bits per heavy atom. The first-order chi connectivity index (χ1) is 30.7. The first-order valence-corrected chi connectivity index (χ1v) is 23.0. The van der Waals surface area contributed by atoms with Gasteiger partial charge in [0.2, 0.25) is 0 Å². The van der Waals surface area contributed by atoms with Gasteiger partial charge in [-0.15, -0.1) is 11.3 Å². The summed E-state index contributed by atoms with van der Waals surface area (Å²) < 4.78 is 3.93. The third-order valence-corrected chi connectivity index (χ3v) is 14.3. The number of fused-ring (bicyclic) bond motifs is 7. The summed E-state index contributed by atoms with van der Waals surface area (Å²) in [4.78, 5) is 17.7. The molecule has 304 valence electrons. The van der Waals surface area contributed by atoms with Crippen LogP contribution in [0.1, 0.15) is 95.2 Å². The van der Waals surface area contributed by atoms with Crippen LogP contribution in [-0.4, -0.2) is 22.1 Å². The summed E-state index contributed by atoms with van der Waals surface area (Å²) in [6, 6.07) is 37.1. The molecule has 3 unspecified atom stereocenters. The fraction of sp³-hybridized carbons (Fsp3) is 0.204. The number of aryl methyl sites for hydroxylation is 1. The van der Waals surface area contributed by atoms with Gasteiger partial charge in [0.15, 0.2) is 6.17 Å². The van der Waals surface area contributed by atoms with Crippen molar-refractivity contribution in [3.63, 3.8) is 0 Å². The molecule has 12 rings (SSSR count). The van der Waals surface area contributed by atoms with Gasteiger partial charge in [0.05, 0.1) is 16.3 Å². The highest BCUT2D eigenvalue weighted by molar-refractivity contribution is 7.22. The Morgan fingerprint density at radius 3 is 2.26 bits per heavy atom. The first-order valence-electron chi connectivity index (χ1n) is 22.2. The molecule has 0 saturated carbocycles. The van der Waals surface area contributed by atoms with E-state index in [0.29, 0.717) is 0 Å². The number of thiophene rings is 1. The predicted octanol–water partition coefficient (Wildman–Crippen LogP) is 11.7. The van der Waals surface area contributed by atoms with E-state index in [1.807, 2.05) is 11.3 Å². The van der Waals surface area contributed by atoms with Gasteiger partial charge in [-0.25, -0.2) is 15.0 Å². The standard InChI is InChI=1S/C54H47N7S/c1-5-17-34(18-6-1)49-55-50(35-19-7-2-8-20-35)58-53(57-49)38-29-32-45(43(33-38)54-59-51(36-21-9-3-10-22-36)56-52(60-54)37-23-11-4-12-24-37)61-44-27-15-13-25-39(44)41-30-31-42-40-26-14-16-28-46(40)62-48(42)47(41)61/h1,3-7,9-11,14-23,26-29,32-33,49,51,53,57H,2,8,12-13,24-25,30-31H2,(H,55,58)(H,56,59,60). The average molecular weight is 826 g/mol. The van der Waals surface area contributed by atoms with E-state index in [2.05, 4.69) is 172 Å². The lowest BCUT2D eigenvalue weighted by Gasteiger charge is -2.33. The molecule has 0 bridgehead atoms. The fourth-order valence-electron chi connectivity index (χ4n) is 10.0. The lowest BCUT2D eigenvalue weighted by atomic mass is 9.89. The third kappa shape index (κ3) is 6.57. The van der Waals surface area contributed by atoms with Crippen LogP contribution in [0.4, 0.5) is 0 Å². The van der Waals surface area contributed by atoms with Gasteiger partial charge < -0.3 is 15.2 Å². The Hall–Kier alpha value is -6.61. The summed E-state index contributed by atoms with van der Waals surface area (Å²) in [6.45, 7) is 0. The second-order valence-corrected chi connectivity index (χ2v) is 17.9. The summed E-state index contributed by atoms with van der Waals surface area (Å²) in [5.74, 6) is 2.60. The zero-order valence-electron chi connectivity index (χ0n) is 34.5. The van der Waals surface area contributed by atoms with Crippen LogP contribution in [0.15, 0.2) is 172 Å². The molecule has 0 radical (unpaired) electrons. The van der Waals surface area contributed by atoms with Gasteiger partial charge in [0.1, 0.15) is 29.8 Å². The van der Waals surface area contributed by atoms with Crippen LogP contribution in [0.3, 0.4) is 0 Å². The van der Waals surface area contributed by atoms with Gasteiger partial charge in [-0.2, -0.15) is 0 Å². The summed E-state index contributed by atoms with van der Waals surface area (Å²) in [7, 11) is 0. The molecule has 4 heterocycles. The van der Waals surface area contributed by atoms with Crippen molar-refractivity contribution in [1.82, 2.24) is 20.5 Å². The second kappa shape index (κ2) is 15.7. The van der Waals surface area contributed by atoms with Gasteiger partial charge in [0.25, 0.3) is 0 Å². The number of allylic oxidation sites excluding steroid dienone is 6. The smallest absolute Gasteiger partial charge is 0.169 e. The van der Waals surface area contributed by atoms with Crippen LogP contribution in [-0.2, 0) is 19.3 Å². The van der Waals surface area contributed by atoms with Gasteiger partial charge in [-0.1, -0.05) is 127 Å². The maximum absolute atomic E-state index is 5.54. The molecule has 3 atom stereocenters. The van der Waals surface area contributed by atoms with Gasteiger partial charge in [0, 0.05) is 21.5 Å². The van der Waals surface area contributed by atoms with Crippen molar-refractivity contribution in [2.24, 2.45) is 15.0 Å². The maximum Gasteiger partial charge on any atom is 0.169 e. The van der Waals surface area contributed by atoms with Crippen molar-refractivity contribution in [2.45, 2.75) is 69.9 Å². The Labute approximate surface area is 366 Å². The molecule has 3 N–H and O–H groups in total. The quantitative estimate of drug-likeness (QED) is 0.150. The van der Waals surface area contributed by atoms with Crippen LogP contribution >= 0.6 is 11.3 Å². The Morgan fingerprint density at radius 1 is 0.629 bits per heavy atom. The largest absolute Gasteiger partial charge is 0.350 e. The lowest BCUT2D eigenvalue weighted by Crippen LogP contribution is -2.45. The summed E-state index contributed by atoms with van der Waals surface area (Å²) >= 11 is 1.94. The second-order valence-electron chi connectivity index (χ2n) is 16.8. The molecule has 0 saturated heterocycles. The predicted molar refractivity (Wildman–Crippen MR) is 256 cm³/mol. The van der Waals surface area contributed by atoms with Gasteiger partial charge in [-0.3, -0.25) is 5.32 Å². The molecule has 2 aliphatic heterocycles. The van der Waals surface area contributed by atoms with Crippen molar-refractivity contribution >= 4 is 45.0 Å². The summed E-state index contributed by atoms with van der Waals surface area (Å²) in [6.07, 6.45) is 25.4. The monoisotopic (exact) mass is 825 g/mol. The SMILES string of the molecule is C1=CCCC(C2=NC(c3ccccc3)N=C(c3cc(C4N=C(C5=CCCC=C5)NC(c5ccccc5)N4)ccc3-n3c4c(c5c3-c3sc6ccccc6c3CC5)CCC=C4)N2)=C1. The highest BCUT2D eigenvalue weighted by atomic mass is 32.1. The van der Waals surface area contributed by atoms with E-state index in [-0.39, 0.29) is 12.3 Å². The highest BCUT2D eigenvalue weighted by Crippen LogP contribution is 2.49. The first kappa shape index (κ1) is 37.2. The molecule has 62 heavy (non-hydrogen) atoms. The molecule has 7 nitrogen and oxygen atoms in total. The fourth-order valence-corrected chi connectivity index (χ4v) is 11.3. The van der Waals surface area contributed by atoms with Crippen LogP contribution in [0.5, 0.6) is 0 Å². The van der Waals surface area contributed by atoms with E-state index in [1.54, 1.807) is 0 Å². The molecule has 8 heteroatoms. The minimum atomic E-state index is -0.401. The molecule has 6 aliphatic rings. The number of rotatable bonds is 7. The van der Waals surface area contributed by atoms with E-state index in [9.17, 15) is 0 Å². The number of benzene rings is 4. The molecule has 6 aromatic rings. The Balaban J connectivity index is 1.08. The number of hydrogen-bond donors (Lipinski definition) is 3. The number of nitrogens with one attached hydrogen (secondary N) is 3. The third-order valence-electron chi connectivity index (χ3n) is 13.1. The van der Waals surface area contributed by atoms with Crippen LogP contribution < -0.4 is 16.0 Å². The van der Waals surface area contributed by atoms with Crippen molar-refractivity contribution in [3.05, 3.63) is 201 Å². The minimum Gasteiger partial charge on any atom is -0.350 e. The number of hydrogen-bond acceptors (Lipinski definition) is 7. The maximum atomic E-state index is 5.54. The van der Waals surface area contributed by atoms with Crippen molar-refractivity contribution < 1.29 is 0 Å². The topological polar surface area (TPSA) is 78.1 Å². The van der Waals surface area contributed by atoms with E-state index in [0.717, 1.165) is 96.8 Å². The number of aromatic nitrogens is 1. The molecule has 0 amide bonds. The summed E-state index contributed by atoms with van der Waals surface area (Å²) in [5, 5.41) is 12.9. The Kier molecular flexibility index (Phi) is 9.41. The van der Waals surface area contributed by atoms with Crippen molar-refractivity contribution in [2.75, 3.05) is 0 Å². The Bertz CT molecular complexity index is 3010. The zero-order chi connectivity index (χ0) is 41.0. The van der Waals surface area contributed by atoms with E-state index < -0.39 is 6.17 Å². The molecule has 0 fully saturated rings. The summed E-state index contributed by atoms with van der Waals surface area (Å²) in [5.41, 5.74) is 14.8. The highest BCUT2D eigenvalue weighted by Gasteiger charge is 2.34. The van der Waals surface area contributed by atoms with Gasteiger partial charge in [-0.05, 0) is 120 Å². The molecule has 2 aromatic heterocycles. The minimum absolute atomic E-state index is 0.134. The number of aliphatic imine (C=N–C) groups is 3. The van der Waals surface area contributed by atoms with E-state index in [1.165, 1.54) is 54.2 Å². The molecular weight excluding hydrogens is 779 g/mol. The molecule has 4 aromatic carbocycles. The van der Waals surface area contributed by atoms with Crippen LogP contribution in [0.25, 0.3) is 32.4 Å². The van der Waals surface area contributed by atoms with Crippen LogP contribution in [0, 0.1) is 0 Å². The van der Waals surface area contributed by atoms with E-state index in [4.69, 9.17) is 15.0 Å². The zero-order valence-corrected chi connectivity index (χ0v) is 35.3.